The minimum Gasteiger partial charge on any atom is -0.459 e. The van der Waals surface area contributed by atoms with Crippen LogP contribution in [0.2, 0.25) is 0 Å². The predicted octanol–water partition coefficient (Wildman–Crippen LogP) is 1.48. The zero-order chi connectivity index (χ0) is 16.1. The molecule has 6 rings (SSSR count). The molecule has 4 nitrogen and oxygen atoms in total. The van der Waals surface area contributed by atoms with Crippen LogP contribution in [0.5, 0.6) is 0 Å². The van der Waals surface area contributed by atoms with Gasteiger partial charge in [-0.15, -0.1) is 0 Å². The van der Waals surface area contributed by atoms with Crippen LogP contribution in [0.4, 0.5) is 0 Å². The van der Waals surface area contributed by atoms with E-state index in [4.69, 9.17) is 4.74 Å². The molecule has 2 saturated heterocycles. The molecule has 3 fully saturated rings. The lowest BCUT2D eigenvalue weighted by atomic mass is 9.49. The van der Waals surface area contributed by atoms with E-state index in [0.29, 0.717) is 12.8 Å². The van der Waals surface area contributed by atoms with Gasteiger partial charge in [0.05, 0.1) is 11.5 Å². The molecule has 4 heteroatoms. The van der Waals surface area contributed by atoms with Crippen LogP contribution in [0.1, 0.15) is 41.5 Å². The van der Waals surface area contributed by atoms with E-state index >= 15 is 0 Å². The number of ether oxygens (including phenoxy) is 1. The van der Waals surface area contributed by atoms with E-state index in [1.54, 1.807) is 12.1 Å². The van der Waals surface area contributed by atoms with Crippen molar-refractivity contribution >= 4 is 5.97 Å². The van der Waals surface area contributed by atoms with E-state index < -0.39 is 17.6 Å². The topological polar surface area (TPSA) is 63.6 Å². The van der Waals surface area contributed by atoms with Gasteiger partial charge in [-0.25, -0.2) is 0 Å². The van der Waals surface area contributed by atoms with E-state index in [9.17, 15) is 14.7 Å². The van der Waals surface area contributed by atoms with Gasteiger partial charge in [0.25, 0.3) is 0 Å². The van der Waals surface area contributed by atoms with Gasteiger partial charge < -0.3 is 9.84 Å². The normalized spacial score (nSPS) is 42.4. The Morgan fingerprint density at radius 1 is 1.30 bits per heavy atom. The molecule has 0 unspecified atom stereocenters. The molecule has 23 heavy (non-hydrogen) atoms. The van der Waals surface area contributed by atoms with E-state index in [1.807, 2.05) is 13.8 Å². The molecule has 0 radical (unpaired) electrons. The predicted molar refractivity (Wildman–Crippen MR) is 83.2 cm³/mol. The molecule has 2 aliphatic heterocycles. The van der Waals surface area contributed by atoms with E-state index in [2.05, 4.69) is 0 Å². The van der Waals surface area contributed by atoms with Crippen LogP contribution < -0.4 is 5.43 Å². The van der Waals surface area contributed by atoms with Crippen molar-refractivity contribution in [2.45, 2.75) is 51.2 Å². The summed E-state index contributed by atoms with van der Waals surface area (Å²) in [4.78, 5) is 24.9. The Morgan fingerprint density at radius 3 is 2.87 bits per heavy atom. The molecule has 120 valence electrons. The first-order valence-corrected chi connectivity index (χ1v) is 8.51. The summed E-state index contributed by atoms with van der Waals surface area (Å²) in [5.41, 5.74) is 4.00. The van der Waals surface area contributed by atoms with Gasteiger partial charge in [-0.1, -0.05) is 6.92 Å². The fourth-order valence-corrected chi connectivity index (χ4v) is 6.03. The van der Waals surface area contributed by atoms with Gasteiger partial charge in [0, 0.05) is 17.8 Å². The zero-order valence-electron chi connectivity index (χ0n) is 13.3. The second-order valence-corrected chi connectivity index (χ2v) is 7.83. The third kappa shape index (κ3) is 1.38. The Kier molecular flexibility index (Phi) is 2.41. The smallest absolute Gasteiger partial charge is 0.313 e. The quantitative estimate of drug-likeness (QED) is 0.737. The van der Waals surface area contributed by atoms with Gasteiger partial charge in [0.1, 0.15) is 6.10 Å². The number of hydrogen-bond donors (Lipinski definition) is 1. The SMILES string of the molecule is Cc1cc(=O)cc2c3c1C[C@@H]1[C@@H]4OC(=O)[C@](CC2)([C@H](C)[C@H]4O)[C@H]31. The van der Waals surface area contributed by atoms with Crippen LogP contribution in [-0.2, 0) is 22.4 Å². The molecule has 1 aromatic rings. The van der Waals surface area contributed by atoms with Crippen LogP contribution in [0.15, 0.2) is 16.9 Å². The summed E-state index contributed by atoms with van der Waals surface area (Å²) in [6.07, 6.45) is 1.21. The maximum absolute atomic E-state index is 12.8. The highest BCUT2D eigenvalue weighted by Gasteiger charge is 2.70. The highest BCUT2D eigenvalue weighted by Crippen LogP contribution is 2.66. The minimum atomic E-state index is -0.610. The number of esters is 1. The minimum absolute atomic E-state index is 0.0519. The number of aliphatic hydroxyl groups excluding tert-OH is 1. The first-order valence-electron chi connectivity index (χ1n) is 8.51. The van der Waals surface area contributed by atoms with Crippen molar-refractivity contribution in [3.05, 3.63) is 44.6 Å². The second-order valence-electron chi connectivity index (χ2n) is 7.83. The average molecular weight is 312 g/mol. The van der Waals surface area contributed by atoms with Crippen molar-refractivity contribution in [3.63, 3.8) is 0 Å². The van der Waals surface area contributed by atoms with E-state index in [0.717, 1.165) is 17.5 Å². The molecule has 3 aliphatic carbocycles. The zero-order valence-corrected chi connectivity index (χ0v) is 13.3. The van der Waals surface area contributed by atoms with Crippen LogP contribution in [0.3, 0.4) is 0 Å². The van der Waals surface area contributed by atoms with Crippen LogP contribution >= 0.6 is 0 Å². The van der Waals surface area contributed by atoms with Crippen LogP contribution in [0, 0.1) is 24.2 Å². The summed E-state index contributed by atoms with van der Waals surface area (Å²) < 4.78 is 5.67. The Balaban J connectivity index is 1.85. The summed E-state index contributed by atoms with van der Waals surface area (Å²) in [5, 5.41) is 10.7. The fraction of sp³-hybridized carbons (Fsp3) is 0.579. The van der Waals surface area contributed by atoms with Crippen molar-refractivity contribution in [1.82, 2.24) is 0 Å². The van der Waals surface area contributed by atoms with Crippen molar-refractivity contribution in [2.24, 2.45) is 17.3 Å². The lowest BCUT2D eigenvalue weighted by Crippen LogP contribution is -2.67. The molecular weight excluding hydrogens is 292 g/mol. The number of aryl methyl sites for hydroxylation is 2. The van der Waals surface area contributed by atoms with Gasteiger partial charge in [-0.05, 0) is 60.6 Å². The average Bonchev–Trinajstić information content (AvgIpc) is 2.86. The first-order chi connectivity index (χ1) is 10.9. The molecule has 1 spiro atoms. The molecule has 2 bridgehead atoms. The van der Waals surface area contributed by atoms with Gasteiger partial charge >= 0.3 is 5.97 Å². The largest absolute Gasteiger partial charge is 0.459 e. The van der Waals surface area contributed by atoms with Crippen LogP contribution in [-0.4, -0.2) is 23.3 Å². The standard InChI is InChI=1S/C19H20O4/c1-8-5-11(20)6-10-3-4-19-9(2)16(21)17(23-18(19)22)13-7-12(8)14(10)15(13)19/h5-6,9,13,15-17,21H,3-4,7H2,1-2H3/t9-,13+,15+,16-,17+,19-/m1/s1. The van der Waals surface area contributed by atoms with Gasteiger partial charge in [0.2, 0.25) is 0 Å². The summed E-state index contributed by atoms with van der Waals surface area (Å²) in [7, 11) is 0. The first kappa shape index (κ1) is 13.7. The van der Waals surface area contributed by atoms with Crippen molar-refractivity contribution in [1.29, 1.82) is 0 Å². The maximum Gasteiger partial charge on any atom is 0.313 e. The summed E-state index contributed by atoms with van der Waals surface area (Å²) in [6, 6.07) is 3.47. The lowest BCUT2D eigenvalue weighted by Gasteiger charge is -2.59. The third-order valence-electron chi connectivity index (χ3n) is 7.07. The molecule has 1 aromatic carbocycles. The molecule has 5 aliphatic rings. The molecular formula is C19H20O4. The van der Waals surface area contributed by atoms with Crippen molar-refractivity contribution in [3.8, 4) is 0 Å². The van der Waals surface area contributed by atoms with Gasteiger partial charge in [-0.3, -0.25) is 9.59 Å². The molecule has 2 heterocycles. The number of carbonyl (C=O) groups is 1. The molecule has 1 N–H and O–H groups in total. The number of fused-ring (bicyclic) bond motifs is 2. The molecule has 0 amide bonds. The highest BCUT2D eigenvalue weighted by atomic mass is 16.6. The molecule has 1 saturated carbocycles. The van der Waals surface area contributed by atoms with E-state index in [-0.39, 0.29) is 29.2 Å². The summed E-state index contributed by atoms with van der Waals surface area (Å²) in [5.74, 6) is 0.0405. The highest BCUT2D eigenvalue weighted by molar-refractivity contribution is 5.83. The van der Waals surface area contributed by atoms with Crippen molar-refractivity contribution < 1.29 is 14.6 Å². The number of hydrogen-bond acceptors (Lipinski definition) is 4. The Labute approximate surface area is 134 Å². The van der Waals surface area contributed by atoms with Gasteiger partial charge in [0.15, 0.2) is 5.43 Å². The Hall–Kier alpha value is -1.68. The maximum atomic E-state index is 12.8. The van der Waals surface area contributed by atoms with Gasteiger partial charge in [-0.2, -0.15) is 0 Å². The second kappa shape index (κ2) is 4.04. The van der Waals surface area contributed by atoms with Crippen LogP contribution in [0.25, 0.3) is 0 Å². The third-order valence-corrected chi connectivity index (χ3v) is 7.07. The Bertz CT molecular complexity index is 814. The summed E-state index contributed by atoms with van der Waals surface area (Å²) >= 11 is 0. The lowest BCUT2D eigenvalue weighted by molar-refractivity contribution is -0.236. The number of carbonyl (C=O) groups excluding carboxylic acids is 1. The number of rotatable bonds is 0. The number of aliphatic hydroxyl groups is 1. The monoisotopic (exact) mass is 312 g/mol. The molecule has 6 atom stereocenters. The Morgan fingerprint density at radius 2 is 2.09 bits per heavy atom. The fourth-order valence-electron chi connectivity index (χ4n) is 6.03. The summed E-state index contributed by atoms with van der Waals surface area (Å²) in [6.45, 7) is 3.98. The molecule has 0 aromatic heterocycles. The van der Waals surface area contributed by atoms with E-state index in [1.165, 1.54) is 11.1 Å². The van der Waals surface area contributed by atoms with Crippen molar-refractivity contribution in [2.75, 3.05) is 0 Å².